The summed E-state index contributed by atoms with van der Waals surface area (Å²) in [6.07, 6.45) is 1.73. The molecule has 174 valence electrons. The number of anilines is 4. The van der Waals surface area contributed by atoms with Crippen LogP contribution in [0.5, 0.6) is 0 Å². The van der Waals surface area contributed by atoms with Gasteiger partial charge in [0.05, 0.1) is 11.8 Å². The van der Waals surface area contributed by atoms with Crippen molar-refractivity contribution in [3.63, 3.8) is 0 Å². The fraction of sp³-hybridized carbons (Fsp3) is 0.208. The van der Waals surface area contributed by atoms with Gasteiger partial charge in [0.1, 0.15) is 5.82 Å². The van der Waals surface area contributed by atoms with E-state index < -0.39 is 11.7 Å². The summed E-state index contributed by atoms with van der Waals surface area (Å²) in [7, 11) is 1.82. The first-order chi connectivity index (χ1) is 16.3. The van der Waals surface area contributed by atoms with E-state index in [-0.39, 0.29) is 11.6 Å². The second kappa shape index (κ2) is 8.79. The maximum atomic E-state index is 13.1. The Morgan fingerprint density at radius 2 is 1.85 bits per heavy atom. The molecule has 0 saturated heterocycles. The Kier molecular flexibility index (Phi) is 5.66. The highest BCUT2D eigenvalue weighted by Crippen LogP contribution is 2.33. The van der Waals surface area contributed by atoms with Crippen LogP contribution in [0.25, 0.3) is 11.1 Å². The predicted octanol–water partition coefficient (Wildman–Crippen LogP) is 5.03. The molecule has 0 radical (unpaired) electrons. The number of nitrogens with one attached hydrogen (secondary N) is 3. The molecule has 0 saturated carbocycles. The van der Waals surface area contributed by atoms with Gasteiger partial charge in [-0.05, 0) is 54.4 Å². The van der Waals surface area contributed by atoms with Gasteiger partial charge < -0.3 is 16.0 Å². The molecular formula is C24H22F3N7. The molecule has 4 aromatic rings. The lowest BCUT2D eigenvalue weighted by Gasteiger charge is -2.19. The van der Waals surface area contributed by atoms with Gasteiger partial charge in [0.2, 0.25) is 5.95 Å². The van der Waals surface area contributed by atoms with Crippen LogP contribution in [0.3, 0.4) is 0 Å². The van der Waals surface area contributed by atoms with Crippen LogP contribution in [0.1, 0.15) is 16.7 Å². The molecule has 0 atom stereocenters. The molecule has 2 aromatic carbocycles. The quantitative estimate of drug-likeness (QED) is 0.384. The van der Waals surface area contributed by atoms with Crippen LogP contribution < -0.4 is 16.0 Å². The maximum Gasteiger partial charge on any atom is 0.416 e. The summed E-state index contributed by atoms with van der Waals surface area (Å²) in [5.41, 5.74) is 4.42. The molecule has 0 amide bonds. The molecule has 7 nitrogen and oxygen atoms in total. The van der Waals surface area contributed by atoms with Gasteiger partial charge in [0.15, 0.2) is 0 Å². The van der Waals surface area contributed by atoms with E-state index in [1.165, 1.54) is 23.3 Å². The minimum absolute atomic E-state index is 0.175. The Morgan fingerprint density at radius 3 is 2.65 bits per heavy atom. The third-order valence-corrected chi connectivity index (χ3v) is 5.61. The highest BCUT2D eigenvalue weighted by molar-refractivity contribution is 5.78. The van der Waals surface area contributed by atoms with Gasteiger partial charge >= 0.3 is 6.18 Å². The number of halogens is 3. The van der Waals surface area contributed by atoms with Crippen molar-refractivity contribution in [2.45, 2.75) is 19.1 Å². The molecule has 1 aliphatic heterocycles. The van der Waals surface area contributed by atoms with Crippen LogP contribution >= 0.6 is 0 Å². The zero-order valence-electron chi connectivity index (χ0n) is 18.3. The first-order valence-corrected chi connectivity index (χ1v) is 10.7. The second-order valence-electron chi connectivity index (χ2n) is 8.10. The summed E-state index contributed by atoms with van der Waals surface area (Å²) in [6.45, 7) is 1.76. The molecule has 3 heterocycles. The second-order valence-corrected chi connectivity index (χ2v) is 8.10. The number of aromatic nitrogens is 4. The standard InChI is InChI=1S/C24H22F3N7/c1-34-14-17(12-30-34)21-13-29-23(32-19-4-2-3-18(10-19)24(25,26)27)33-22(21)31-20-6-5-15-7-8-28-11-16(15)9-20/h2-6,9-10,12-14,28H,7-8,11H2,1H3,(H2,29,31,32,33). The van der Waals surface area contributed by atoms with Crippen molar-refractivity contribution >= 4 is 23.1 Å². The monoisotopic (exact) mass is 465 g/mol. The van der Waals surface area contributed by atoms with Crippen LogP contribution in [0.15, 0.2) is 61.1 Å². The van der Waals surface area contributed by atoms with Gasteiger partial charge in [-0.2, -0.15) is 23.3 Å². The van der Waals surface area contributed by atoms with Crippen LogP contribution in [0.4, 0.5) is 36.3 Å². The van der Waals surface area contributed by atoms with E-state index in [9.17, 15) is 13.2 Å². The van der Waals surface area contributed by atoms with E-state index in [1.54, 1.807) is 17.1 Å². The lowest BCUT2D eigenvalue weighted by atomic mass is 10.0. The molecule has 1 aliphatic rings. The van der Waals surface area contributed by atoms with E-state index in [0.29, 0.717) is 5.82 Å². The van der Waals surface area contributed by atoms with Crippen LogP contribution in [0, 0.1) is 0 Å². The molecule has 0 unspecified atom stereocenters. The van der Waals surface area contributed by atoms with Crippen LogP contribution in [0.2, 0.25) is 0 Å². The Labute approximate surface area is 194 Å². The first kappa shape index (κ1) is 21.9. The lowest BCUT2D eigenvalue weighted by molar-refractivity contribution is -0.137. The number of alkyl halides is 3. The van der Waals surface area contributed by atoms with Gasteiger partial charge in [0.25, 0.3) is 0 Å². The molecule has 0 bridgehead atoms. The van der Waals surface area contributed by atoms with E-state index in [0.717, 1.165) is 48.5 Å². The third kappa shape index (κ3) is 4.72. The summed E-state index contributed by atoms with van der Waals surface area (Å²) in [5, 5.41) is 13.8. The summed E-state index contributed by atoms with van der Waals surface area (Å²) < 4.78 is 41.0. The number of fused-ring (bicyclic) bond motifs is 1. The Balaban J connectivity index is 1.49. The average molecular weight is 465 g/mol. The number of benzene rings is 2. The molecule has 10 heteroatoms. The minimum atomic E-state index is -4.43. The van der Waals surface area contributed by atoms with Crippen molar-refractivity contribution in [1.82, 2.24) is 25.1 Å². The van der Waals surface area contributed by atoms with Crippen molar-refractivity contribution in [3.8, 4) is 11.1 Å². The van der Waals surface area contributed by atoms with Crippen molar-refractivity contribution < 1.29 is 13.2 Å². The highest BCUT2D eigenvalue weighted by Gasteiger charge is 2.30. The predicted molar refractivity (Wildman–Crippen MR) is 124 cm³/mol. The zero-order chi connectivity index (χ0) is 23.7. The molecule has 2 aromatic heterocycles. The molecule has 34 heavy (non-hydrogen) atoms. The zero-order valence-corrected chi connectivity index (χ0v) is 18.3. The van der Waals surface area contributed by atoms with Gasteiger partial charge in [-0.25, -0.2) is 4.98 Å². The number of rotatable bonds is 5. The minimum Gasteiger partial charge on any atom is -0.340 e. The van der Waals surface area contributed by atoms with Crippen LogP contribution in [-0.2, 0) is 26.2 Å². The van der Waals surface area contributed by atoms with Gasteiger partial charge in [0, 0.05) is 48.5 Å². The van der Waals surface area contributed by atoms with Crippen molar-refractivity contribution in [2.24, 2.45) is 7.05 Å². The fourth-order valence-electron chi connectivity index (χ4n) is 3.91. The molecule has 5 rings (SSSR count). The fourth-order valence-corrected chi connectivity index (χ4v) is 3.91. The Morgan fingerprint density at radius 1 is 1.00 bits per heavy atom. The maximum absolute atomic E-state index is 13.1. The summed E-state index contributed by atoms with van der Waals surface area (Å²) in [5.74, 6) is 0.690. The van der Waals surface area contributed by atoms with E-state index >= 15 is 0 Å². The number of nitrogens with zero attached hydrogens (tertiary/aromatic N) is 4. The van der Waals surface area contributed by atoms with E-state index in [2.05, 4.69) is 43.1 Å². The molecule has 0 spiro atoms. The largest absolute Gasteiger partial charge is 0.416 e. The topological polar surface area (TPSA) is 79.7 Å². The van der Waals surface area contributed by atoms with Gasteiger partial charge in [-0.15, -0.1) is 0 Å². The summed E-state index contributed by atoms with van der Waals surface area (Å²) in [4.78, 5) is 8.92. The van der Waals surface area contributed by atoms with E-state index in [4.69, 9.17) is 0 Å². The molecule has 0 aliphatic carbocycles. The summed E-state index contributed by atoms with van der Waals surface area (Å²) in [6, 6.07) is 11.1. The Hall–Kier alpha value is -3.92. The molecule has 0 fully saturated rings. The van der Waals surface area contributed by atoms with Crippen molar-refractivity contribution in [2.75, 3.05) is 17.2 Å². The average Bonchev–Trinajstić information content (AvgIpc) is 3.25. The molecule has 3 N–H and O–H groups in total. The van der Waals surface area contributed by atoms with Gasteiger partial charge in [-0.1, -0.05) is 12.1 Å². The third-order valence-electron chi connectivity index (χ3n) is 5.61. The van der Waals surface area contributed by atoms with Gasteiger partial charge in [-0.3, -0.25) is 4.68 Å². The SMILES string of the molecule is Cn1cc(-c2cnc(Nc3cccc(C(F)(F)F)c3)nc2Nc2ccc3c(c2)CNCC3)cn1. The number of hydrogen-bond donors (Lipinski definition) is 3. The lowest BCUT2D eigenvalue weighted by Crippen LogP contribution is -2.23. The summed E-state index contributed by atoms with van der Waals surface area (Å²) >= 11 is 0. The van der Waals surface area contributed by atoms with Crippen LogP contribution in [-0.4, -0.2) is 26.3 Å². The molecular weight excluding hydrogens is 443 g/mol. The smallest absolute Gasteiger partial charge is 0.340 e. The highest BCUT2D eigenvalue weighted by atomic mass is 19.4. The van der Waals surface area contributed by atoms with Crippen molar-refractivity contribution in [3.05, 3.63) is 77.7 Å². The number of aryl methyl sites for hydroxylation is 1. The van der Waals surface area contributed by atoms with Crippen molar-refractivity contribution in [1.29, 1.82) is 0 Å². The van der Waals surface area contributed by atoms with E-state index in [1.807, 2.05) is 19.3 Å². The Bertz CT molecular complexity index is 1330. The first-order valence-electron chi connectivity index (χ1n) is 10.7. The number of hydrogen-bond acceptors (Lipinski definition) is 6. The normalized spacial score (nSPS) is 13.4.